The van der Waals surface area contributed by atoms with E-state index in [0.717, 1.165) is 18.7 Å². The van der Waals surface area contributed by atoms with Crippen LogP contribution in [0.15, 0.2) is 24.3 Å². The van der Waals surface area contributed by atoms with Gasteiger partial charge in [0.1, 0.15) is 0 Å². The summed E-state index contributed by atoms with van der Waals surface area (Å²) in [5.41, 5.74) is 0.946. The number of likely N-dealkylation sites (N-methyl/N-ethyl adjacent to an activating group) is 1. The first kappa shape index (κ1) is 14.0. The lowest BCUT2D eigenvalue weighted by Gasteiger charge is -2.17. The highest BCUT2D eigenvalue weighted by atomic mass is 35.5. The maximum absolute atomic E-state index is 11.7. The van der Waals surface area contributed by atoms with Gasteiger partial charge in [-0.2, -0.15) is 0 Å². The van der Waals surface area contributed by atoms with Crippen LogP contribution in [0.25, 0.3) is 0 Å². The summed E-state index contributed by atoms with van der Waals surface area (Å²) in [6.45, 7) is 6.79. The molecule has 0 saturated heterocycles. The summed E-state index contributed by atoms with van der Waals surface area (Å²) in [5.74, 6) is 0.0358. The van der Waals surface area contributed by atoms with E-state index in [0.29, 0.717) is 18.1 Å². The lowest BCUT2D eigenvalue weighted by atomic mass is 10.2. The monoisotopic (exact) mass is 254 g/mol. The van der Waals surface area contributed by atoms with Crippen molar-refractivity contribution in [1.82, 2.24) is 10.2 Å². The minimum Gasteiger partial charge on any atom is -0.351 e. The van der Waals surface area contributed by atoms with Gasteiger partial charge in [0.15, 0.2) is 0 Å². The van der Waals surface area contributed by atoms with E-state index in [2.05, 4.69) is 10.2 Å². The highest BCUT2D eigenvalue weighted by Gasteiger charge is 2.07. The van der Waals surface area contributed by atoms with Crippen molar-refractivity contribution in [2.24, 2.45) is 0 Å². The Bertz CT molecular complexity index is 364. The van der Waals surface area contributed by atoms with Crippen molar-refractivity contribution in [2.45, 2.75) is 20.4 Å². The number of benzene rings is 1. The first-order valence-electron chi connectivity index (χ1n) is 5.89. The minimum atomic E-state index is 0.0358. The van der Waals surface area contributed by atoms with Crippen LogP contribution in [0.2, 0.25) is 5.02 Å². The molecule has 4 heteroatoms. The maximum Gasteiger partial charge on any atom is 0.234 e. The number of carbonyl (C=O) groups excluding carboxylic acids is 1. The van der Waals surface area contributed by atoms with E-state index in [9.17, 15) is 4.79 Å². The molecule has 0 heterocycles. The average molecular weight is 255 g/mol. The number of nitrogens with zero attached hydrogens (tertiary/aromatic N) is 1. The van der Waals surface area contributed by atoms with E-state index in [1.807, 2.05) is 38.1 Å². The van der Waals surface area contributed by atoms with Crippen LogP contribution in [-0.2, 0) is 11.3 Å². The predicted octanol–water partition coefficient (Wildman–Crippen LogP) is 2.30. The van der Waals surface area contributed by atoms with Crippen LogP contribution in [0, 0.1) is 0 Å². The molecule has 1 amide bonds. The molecule has 0 saturated carbocycles. The van der Waals surface area contributed by atoms with Crippen molar-refractivity contribution in [3.05, 3.63) is 34.9 Å². The molecule has 0 aliphatic heterocycles. The molecule has 0 aliphatic carbocycles. The summed E-state index contributed by atoms with van der Waals surface area (Å²) in [5, 5.41) is 3.56. The third-order valence-electron chi connectivity index (χ3n) is 2.70. The molecule has 1 rings (SSSR count). The van der Waals surface area contributed by atoms with Crippen LogP contribution in [0.1, 0.15) is 19.4 Å². The van der Waals surface area contributed by atoms with Crippen LogP contribution in [-0.4, -0.2) is 30.4 Å². The Labute approximate surface area is 108 Å². The van der Waals surface area contributed by atoms with Gasteiger partial charge in [0, 0.05) is 11.6 Å². The minimum absolute atomic E-state index is 0.0358. The summed E-state index contributed by atoms with van der Waals surface area (Å²) >= 11 is 6.01. The Hall–Kier alpha value is -1.06. The fraction of sp³-hybridized carbons (Fsp3) is 0.462. The van der Waals surface area contributed by atoms with Crippen molar-refractivity contribution < 1.29 is 4.79 Å². The van der Waals surface area contributed by atoms with Crippen molar-refractivity contribution in [1.29, 1.82) is 0 Å². The molecule has 1 aromatic carbocycles. The molecule has 0 aromatic heterocycles. The van der Waals surface area contributed by atoms with E-state index in [4.69, 9.17) is 11.6 Å². The van der Waals surface area contributed by atoms with Gasteiger partial charge >= 0.3 is 0 Å². The Balaban J connectivity index is 2.41. The normalized spacial score (nSPS) is 10.6. The van der Waals surface area contributed by atoms with Gasteiger partial charge in [0.2, 0.25) is 5.91 Å². The Morgan fingerprint density at radius 2 is 1.94 bits per heavy atom. The Kier molecular flexibility index (Phi) is 6.01. The highest BCUT2D eigenvalue weighted by molar-refractivity contribution is 6.31. The summed E-state index contributed by atoms with van der Waals surface area (Å²) in [4.78, 5) is 13.7. The van der Waals surface area contributed by atoms with Crippen LogP contribution in [0.4, 0.5) is 0 Å². The predicted molar refractivity (Wildman–Crippen MR) is 71.1 cm³/mol. The van der Waals surface area contributed by atoms with Crippen molar-refractivity contribution in [2.75, 3.05) is 19.6 Å². The molecule has 17 heavy (non-hydrogen) atoms. The third kappa shape index (κ3) is 4.75. The molecule has 1 N–H and O–H groups in total. The molecule has 0 aliphatic rings. The maximum atomic E-state index is 11.7. The largest absolute Gasteiger partial charge is 0.351 e. The van der Waals surface area contributed by atoms with E-state index in [-0.39, 0.29) is 5.91 Å². The van der Waals surface area contributed by atoms with Gasteiger partial charge < -0.3 is 5.32 Å². The topological polar surface area (TPSA) is 32.3 Å². The van der Waals surface area contributed by atoms with Crippen LogP contribution in [0.3, 0.4) is 0 Å². The number of rotatable bonds is 6. The van der Waals surface area contributed by atoms with Crippen LogP contribution in [0.5, 0.6) is 0 Å². The second-order valence-electron chi connectivity index (χ2n) is 3.83. The van der Waals surface area contributed by atoms with Gasteiger partial charge in [-0.1, -0.05) is 43.6 Å². The smallest absolute Gasteiger partial charge is 0.234 e. The zero-order valence-electron chi connectivity index (χ0n) is 10.4. The fourth-order valence-electron chi connectivity index (χ4n) is 1.54. The van der Waals surface area contributed by atoms with Crippen LogP contribution < -0.4 is 5.32 Å². The Morgan fingerprint density at radius 3 is 2.53 bits per heavy atom. The molecular formula is C13H19ClN2O. The number of halogens is 1. The number of hydrogen-bond acceptors (Lipinski definition) is 2. The van der Waals surface area contributed by atoms with E-state index in [1.54, 1.807) is 0 Å². The average Bonchev–Trinajstić information content (AvgIpc) is 2.35. The first-order valence-corrected chi connectivity index (χ1v) is 6.27. The molecule has 3 nitrogen and oxygen atoms in total. The summed E-state index contributed by atoms with van der Waals surface area (Å²) in [7, 11) is 0. The van der Waals surface area contributed by atoms with E-state index < -0.39 is 0 Å². The molecule has 0 bridgehead atoms. The van der Waals surface area contributed by atoms with Crippen molar-refractivity contribution in [3.8, 4) is 0 Å². The second kappa shape index (κ2) is 7.30. The number of carbonyl (C=O) groups is 1. The number of nitrogens with one attached hydrogen (secondary N) is 1. The van der Waals surface area contributed by atoms with Crippen molar-refractivity contribution >= 4 is 17.5 Å². The van der Waals surface area contributed by atoms with Crippen LogP contribution >= 0.6 is 11.6 Å². The zero-order valence-corrected chi connectivity index (χ0v) is 11.1. The van der Waals surface area contributed by atoms with Crippen molar-refractivity contribution in [3.63, 3.8) is 0 Å². The highest BCUT2D eigenvalue weighted by Crippen LogP contribution is 2.14. The standard InChI is InChI=1S/C13H19ClN2O/c1-3-16(4-2)10-13(17)15-9-11-7-5-6-8-12(11)14/h5-8H,3-4,9-10H2,1-2H3,(H,15,17). The quantitative estimate of drug-likeness (QED) is 0.845. The molecule has 1 aromatic rings. The van der Waals surface area contributed by atoms with Gasteiger partial charge in [-0.3, -0.25) is 9.69 Å². The fourth-order valence-corrected chi connectivity index (χ4v) is 1.74. The van der Waals surface area contributed by atoms with Gasteiger partial charge in [-0.05, 0) is 24.7 Å². The summed E-state index contributed by atoms with van der Waals surface area (Å²) in [6, 6.07) is 7.54. The first-order chi connectivity index (χ1) is 8.17. The summed E-state index contributed by atoms with van der Waals surface area (Å²) in [6.07, 6.45) is 0. The molecule has 0 unspecified atom stereocenters. The van der Waals surface area contributed by atoms with Gasteiger partial charge in [-0.25, -0.2) is 0 Å². The van der Waals surface area contributed by atoms with Gasteiger partial charge in [-0.15, -0.1) is 0 Å². The molecule has 0 radical (unpaired) electrons. The number of amides is 1. The number of hydrogen-bond donors (Lipinski definition) is 1. The Morgan fingerprint density at radius 1 is 1.29 bits per heavy atom. The van der Waals surface area contributed by atoms with Gasteiger partial charge in [0.25, 0.3) is 0 Å². The molecular weight excluding hydrogens is 236 g/mol. The second-order valence-corrected chi connectivity index (χ2v) is 4.24. The molecule has 0 atom stereocenters. The van der Waals surface area contributed by atoms with E-state index in [1.165, 1.54) is 0 Å². The lowest BCUT2D eigenvalue weighted by Crippen LogP contribution is -2.36. The molecule has 94 valence electrons. The third-order valence-corrected chi connectivity index (χ3v) is 3.06. The summed E-state index contributed by atoms with van der Waals surface area (Å²) < 4.78 is 0. The lowest BCUT2D eigenvalue weighted by molar-refractivity contribution is -0.122. The van der Waals surface area contributed by atoms with Gasteiger partial charge in [0.05, 0.1) is 6.54 Å². The van der Waals surface area contributed by atoms with E-state index >= 15 is 0 Å². The molecule has 0 fully saturated rings. The molecule has 0 spiro atoms. The SMILES string of the molecule is CCN(CC)CC(=O)NCc1ccccc1Cl. The zero-order chi connectivity index (χ0) is 12.7.